The van der Waals surface area contributed by atoms with Gasteiger partial charge in [0.1, 0.15) is 5.75 Å². The van der Waals surface area contributed by atoms with Crippen LogP contribution in [0.1, 0.15) is 25.7 Å². The Kier molecular flexibility index (Phi) is 4.99. The zero-order valence-electron chi connectivity index (χ0n) is 18.4. The van der Waals surface area contributed by atoms with Crippen LogP contribution in [0.5, 0.6) is 5.75 Å². The normalized spacial score (nSPS) is 29.8. The number of rotatable bonds is 4. The number of hydrogen-bond acceptors (Lipinski definition) is 5. The second-order valence-electron chi connectivity index (χ2n) is 9.70. The van der Waals surface area contributed by atoms with E-state index >= 15 is 0 Å². The van der Waals surface area contributed by atoms with Crippen molar-refractivity contribution in [1.29, 1.82) is 0 Å². The van der Waals surface area contributed by atoms with Gasteiger partial charge in [0.05, 0.1) is 23.4 Å². The Balaban J connectivity index is 1.12. The van der Waals surface area contributed by atoms with E-state index in [9.17, 15) is 19.2 Å². The molecule has 7 nitrogen and oxygen atoms in total. The predicted octanol–water partition coefficient (Wildman–Crippen LogP) is 3.83. The minimum absolute atomic E-state index is 0.0608. The summed E-state index contributed by atoms with van der Waals surface area (Å²) in [5, 5.41) is 0.516. The fourth-order valence-electron chi connectivity index (χ4n) is 6.28. The zero-order valence-corrected chi connectivity index (χ0v) is 19.1. The number of carbonyl (C=O) groups excluding carboxylic acids is 4. The predicted molar refractivity (Wildman–Crippen MR) is 124 cm³/mol. The zero-order chi connectivity index (χ0) is 23.6. The van der Waals surface area contributed by atoms with E-state index in [0.29, 0.717) is 34.0 Å². The van der Waals surface area contributed by atoms with E-state index in [1.54, 1.807) is 48.5 Å². The van der Waals surface area contributed by atoms with Crippen molar-refractivity contribution in [2.75, 3.05) is 16.3 Å². The molecule has 3 amide bonds. The lowest BCUT2D eigenvalue weighted by molar-refractivity contribution is -0.139. The van der Waals surface area contributed by atoms with E-state index < -0.39 is 11.9 Å². The largest absolute Gasteiger partial charge is 0.426 e. The van der Waals surface area contributed by atoms with Gasteiger partial charge < -0.3 is 9.64 Å². The van der Waals surface area contributed by atoms with Crippen molar-refractivity contribution >= 4 is 46.7 Å². The summed E-state index contributed by atoms with van der Waals surface area (Å²) in [6.45, 7) is 0.220. The number of nitrogens with zero attached hydrogens (tertiary/aromatic N) is 2. The molecule has 0 spiro atoms. The van der Waals surface area contributed by atoms with Crippen LogP contribution >= 0.6 is 11.6 Å². The van der Waals surface area contributed by atoms with Crippen molar-refractivity contribution < 1.29 is 23.9 Å². The standard InChI is InChI=1S/C26H23ClN2O5/c27-17-2-1-3-19(12-17)28-13-16(11-21(28)30)26(33)34-20-8-6-18(7-9-20)29-24(31)22-14-4-5-15(10-14)23(22)25(29)32/h1-3,6-9,12,14-16,22-23H,4-5,10-11,13H2/t14-,15-,16+,22+,23+/m0/s1. The average molecular weight is 479 g/mol. The van der Waals surface area contributed by atoms with Crippen LogP contribution in [0.4, 0.5) is 11.4 Å². The van der Waals surface area contributed by atoms with Crippen molar-refractivity contribution in [2.45, 2.75) is 25.7 Å². The van der Waals surface area contributed by atoms with Gasteiger partial charge in [0, 0.05) is 23.7 Å². The number of halogens is 1. The molecule has 6 rings (SSSR count). The number of amides is 3. The van der Waals surface area contributed by atoms with Crippen LogP contribution in [0.3, 0.4) is 0 Å². The lowest BCUT2D eigenvalue weighted by Crippen LogP contribution is -2.32. The Morgan fingerprint density at radius 1 is 0.912 bits per heavy atom. The van der Waals surface area contributed by atoms with Crippen molar-refractivity contribution in [3.63, 3.8) is 0 Å². The maximum atomic E-state index is 13.0. The molecular weight excluding hydrogens is 456 g/mol. The molecule has 0 aromatic heterocycles. The lowest BCUT2D eigenvalue weighted by atomic mass is 9.81. The highest BCUT2D eigenvalue weighted by Gasteiger charge is 2.61. The smallest absolute Gasteiger partial charge is 0.316 e. The van der Waals surface area contributed by atoms with Crippen molar-refractivity contribution in [2.24, 2.45) is 29.6 Å². The third-order valence-corrected chi connectivity index (χ3v) is 8.05. The molecule has 2 aliphatic heterocycles. The summed E-state index contributed by atoms with van der Waals surface area (Å²) in [5.74, 6) is -0.832. The molecule has 8 heteroatoms. The van der Waals surface area contributed by atoms with Gasteiger partial charge in [0.15, 0.2) is 0 Å². The SMILES string of the molecule is O=C(Oc1ccc(N2C(=O)[C@@H]3[C@H]4CC[C@@H](C4)[C@H]3C2=O)cc1)[C@@H]1CC(=O)N(c2cccc(Cl)c2)C1. The van der Waals surface area contributed by atoms with E-state index in [-0.39, 0.29) is 42.5 Å². The Morgan fingerprint density at radius 3 is 2.24 bits per heavy atom. The molecule has 5 atom stereocenters. The van der Waals surface area contributed by atoms with Gasteiger partial charge in [-0.25, -0.2) is 0 Å². The van der Waals surface area contributed by atoms with Crippen LogP contribution < -0.4 is 14.5 Å². The van der Waals surface area contributed by atoms with Crippen molar-refractivity contribution in [3.05, 3.63) is 53.6 Å². The molecule has 4 aliphatic rings. The molecule has 174 valence electrons. The lowest BCUT2D eigenvalue weighted by Gasteiger charge is -2.19. The topological polar surface area (TPSA) is 84.0 Å². The fourth-order valence-corrected chi connectivity index (χ4v) is 6.47. The molecule has 2 aliphatic carbocycles. The van der Waals surface area contributed by atoms with Gasteiger partial charge in [-0.05, 0) is 73.6 Å². The van der Waals surface area contributed by atoms with Crippen molar-refractivity contribution in [3.8, 4) is 5.75 Å². The number of fused-ring (bicyclic) bond motifs is 5. The van der Waals surface area contributed by atoms with E-state index in [2.05, 4.69) is 0 Å². The molecule has 2 aromatic rings. The second-order valence-corrected chi connectivity index (χ2v) is 10.1. The van der Waals surface area contributed by atoms with Gasteiger partial charge in [-0.3, -0.25) is 24.1 Å². The maximum Gasteiger partial charge on any atom is 0.316 e. The number of hydrogen-bond donors (Lipinski definition) is 0. The third kappa shape index (κ3) is 3.33. The highest BCUT2D eigenvalue weighted by atomic mass is 35.5. The number of carbonyl (C=O) groups is 4. The Bertz CT molecular complexity index is 1180. The van der Waals surface area contributed by atoms with Crippen molar-refractivity contribution in [1.82, 2.24) is 0 Å². The Morgan fingerprint density at radius 2 is 1.59 bits per heavy atom. The van der Waals surface area contributed by atoms with Gasteiger partial charge in [0.2, 0.25) is 17.7 Å². The minimum Gasteiger partial charge on any atom is -0.426 e. The second kappa shape index (κ2) is 7.94. The number of anilines is 2. The highest BCUT2D eigenvalue weighted by molar-refractivity contribution is 6.31. The number of benzene rings is 2. The number of esters is 1. The summed E-state index contributed by atoms with van der Waals surface area (Å²) >= 11 is 6.02. The molecule has 2 aromatic carbocycles. The molecule has 2 heterocycles. The molecule has 2 saturated carbocycles. The number of imide groups is 1. The summed E-state index contributed by atoms with van der Waals surface area (Å²) in [5.41, 5.74) is 1.15. The summed E-state index contributed by atoms with van der Waals surface area (Å²) in [7, 11) is 0. The van der Waals surface area contributed by atoms with Gasteiger partial charge in [-0.15, -0.1) is 0 Å². The molecule has 2 saturated heterocycles. The van der Waals surface area contributed by atoms with Crippen LogP contribution in [-0.2, 0) is 19.2 Å². The first-order valence-electron chi connectivity index (χ1n) is 11.7. The van der Waals surface area contributed by atoms with E-state index in [4.69, 9.17) is 16.3 Å². The van der Waals surface area contributed by atoms with Crippen LogP contribution in [0.25, 0.3) is 0 Å². The van der Waals surface area contributed by atoms with Crippen LogP contribution in [0.15, 0.2) is 48.5 Å². The molecule has 4 fully saturated rings. The molecule has 34 heavy (non-hydrogen) atoms. The summed E-state index contributed by atoms with van der Waals surface area (Å²) in [6, 6.07) is 13.4. The molecule has 0 unspecified atom stereocenters. The molecule has 0 N–H and O–H groups in total. The Hall–Kier alpha value is -3.19. The van der Waals surface area contributed by atoms with Crippen LogP contribution in [0, 0.1) is 29.6 Å². The average Bonchev–Trinajstić information content (AvgIpc) is 3.58. The summed E-state index contributed by atoms with van der Waals surface area (Å²) in [4.78, 5) is 54.0. The van der Waals surface area contributed by atoms with E-state index in [0.717, 1.165) is 19.3 Å². The first-order valence-corrected chi connectivity index (χ1v) is 12.0. The monoisotopic (exact) mass is 478 g/mol. The van der Waals surface area contributed by atoms with Crippen LogP contribution in [0.2, 0.25) is 5.02 Å². The maximum absolute atomic E-state index is 13.0. The van der Waals surface area contributed by atoms with E-state index in [1.165, 1.54) is 9.80 Å². The third-order valence-electron chi connectivity index (χ3n) is 7.82. The van der Waals surface area contributed by atoms with Gasteiger partial charge in [-0.1, -0.05) is 17.7 Å². The highest BCUT2D eigenvalue weighted by Crippen LogP contribution is 2.56. The fraction of sp³-hybridized carbons (Fsp3) is 0.385. The van der Waals surface area contributed by atoms with E-state index in [1.807, 2.05) is 0 Å². The quantitative estimate of drug-likeness (QED) is 0.379. The minimum atomic E-state index is -0.595. The first kappa shape index (κ1) is 21.4. The van der Waals surface area contributed by atoms with Gasteiger partial charge in [0.25, 0.3) is 0 Å². The molecule has 0 radical (unpaired) electrons. The van der Waals surface area contributed by atoms with Gasteiger partial charge >= 0.3 is 5.97 Å². The van der Waals surface area contributed by atoms with Crippen LogP contribution in [-0.4, -0.2) is 30.2 Å². The first-order chi connectivity index (χ1) is 16.4. The summed E-state index contributed by atoms with van der Waals surface area (Å²) < 4.78 is 5.51. The Labute approximate surface area is 201 Å². The van der Waals surface area contributed by atoms with Gasteiger partial charge in [-0.2, -0.15) is 0 Å². The molecule has 2 bridgehead atoms. The number of ether oxygens (including phenoxy) is 1. The molecular formula is C26H23ClN2O5. The summed E-state index contributed by atoms with van der Waals surface area (Å²) in [6.07, 6.45) is 3.12.